The molecular weight excluding hydrogens is 155 g/mol. The molecule has 0 aromatic rings. The second-order valence-corrected chi connectivity index (χ2v) is 1.70. The molecule has 0 aliphatic rings. The Kier molecular flexibility index (Phi) is 3.37. The first-order chi connectivity index (χ1) is 2.27. The van der Waals surface area contributed by atoms with E-state index < -0.39 is 5.56 Å². The molecule has 0 spiro atoms. The minimum Gasteiger partial charge on any atom is -0.215 e. The Morgan fingerprint density at radius 2 is 2.20 bits per heavy atom. The lowest BCUT2D eigenvalue weighted by molar-refractivity contribution is 0.179. The van der Waals surface area contributed by atoms with Crippen LogP contribution in [0.4, 0.5) is 0 Å². The standard InChI is InChI=1S/C2H3BrClO/c3-1-2(4)5/h2H,1H2. The van der Waals surface area contributed by atoms with Crippen molar-refractivity contribution >= 4 is 27.5 Å². The fourth-order valence-electron chi connectivity index (χ4n) is 0. The van der Waals surface area contributed by atoms with Crippen molar-refractivity contribution in [1.29, 1.82) is 0 Å². The summed E-state index contributed by atoms with van der Waals surface area (Å²) in [4.78, 5) is 0. The molecule has 1 radical (unpaired) electrons. The largest absolute Gasteiger partial charge is 0.215 e. The molecule has 1 atom stereocenters. The molecule has 0 aromatic heterocycles. The molecule has 0 fully saturated rings. The van der Waals surface area contributed by atoms with E-state index in [2.05, 4.69) is 15.9 Å². The van der Waals surface area contributed by atoms with Gasteiger partial charge in [0, 0.05) is 5.33 Å². The summed E-state index contributed by atoms with van der Waals surface area (Å²) in [5, 5.41) is 9.94. The average Bonchev–Trinajstić information content (AvgIpc) is 1.38. The monoisotopic (exact) mass is 157 g/mol. The van der Waals surface area contributed by atoms with Gasteiger partial charge >= 0.3 is 0 Å². The van der Waals surface area contributed by atoms with Crippen LogP contribution in [0.3, 0.4) is 0 Å². The van der Waals surface area contributed by atoms with Gasteiger partial charge < -0.3 is 0 Å². The van der Waals surface area contributed by atoms with Gasteiger partial charge in [-0.1, -0.05) is 27.5 Å². The maximum absolute atomic E-state index is 9.61. The lowest BCUT2D eigenvalue weighted by atomic mass is 10.9. The van der Waals surface area contributed by atoms with Crippen LogP contribution in [0, 0.1) is 0 Å². The minimum atomic E-state index is -0.977. The van der Waals surface area contributed by atoms with Crippen molar-refractivity contribution in [3.8, 4) is 0 Å². The number of rotatable bonds is 1. The third-order valence-corrected chi connectivity index (χ3v) is 1.24. The summed E-state index contributed by atoms with van der Waals surface area (Å²) < 4.78 is 0. The molecule has 0 aliphatic carbocycles. The predicted molar refractivity (Wildman–Crippen MR) is 24.1 cm³/mol. The zero-order valence-electron chi connectivity index (χ0n) is 2.45. The van der Waals surface area contributed by atoms with E-state index in [4.69, 9.17) is 11.6 Å². The molecule has 0 amide bonds. The second-order valence-electron chi connectivity index (χ2n) is 0.564. The third kappa shape index (κ3) is 4.73. The van der Waals surface area contributed by atoms with Crippen LogP contribution in [0.2, 0.25) is 0 Å². The van der Waals surface area contributed by atoms with E-state index in [-0.39, 0.29) is 0 Å². The van der Waals surface area contributed by atoms with Crippen LogP contribution < -0.4 is 0 Å². The maximum atomic E-state index is 9.61. The molecule has 31 valence electrons. The van der Waals surface area contributed by atoms with E-state index >= 15 is 0 Å². The molecule has 1 nitrogen and oxygen atoms in total. The van der Waals surface area contributed by atoms with E-state index in [1.807, 2.05) is 0 Å². The van der Waals surface area contributed by atoms with Crippen molar-refractivity contribution in [1.82, 2.24) is 0 Å². The highest BCUT2D eigenvalue weighted by atomic mass is 79.9. The molecule has 0 N–H and O–H groups in total. The van der Waals surface area contributed by atoms with Crippen molar-refractivity contribution < 1.29 is 5.11 Å². The van der Waals surface area contributed by atoms with Crippen molar-refractivity contribution in [3.63, 3.8) is 0 Å². The molecular formula is C2H3BrClO. The highest BCUT2D eigenvalue weighted by Crippen LogP contribution is 1.93. The fraction of sp³-hybridized carbons (Fsp3) is 1.00. The Morgan fingerprint density at radius 3 is 2.20 bits per heavy atom. The molecule has 3 heteroatoms. The van der Waals surface area contributed by atoms with Crippen molar-refractivity contribution in [2.24, 2.45) is 0 Å². The Bertz CT molecular complexity index is 23.6. The Hall–Kier alpha value is 0.730. The number of alkyl halides is 2. The zero-order chi connectivity index (χ0) is 4.28. The van der Waals surface area contributed by atoms with Gasteiger partial charge in [-0.15, -0.1) is 0 Å². The summed E-state index contributed by atoms with van der Waals surface area (Å²) in [5.41, 5.74) is -0.977. The summed E-state index contributed by atoms with van der Waals surface area (Å²) in [5.74, 6) is 0. The highest BCUT2D eigenvalue weighted by molar-refractivity contribution is 9.09. The minimum absolute atomic E-state index is 0.328. The molecule has 0 heterocycles. The van der Waals surface area contributed by atoms with E-state index in [9.17, 15) is 5.11 Å². The van der Waals surface area contributed by atoms with Gasteiger partial charge in [-0.2, -0.15) is 0 Å². The molecule has 0 rings (SSSR count). The van der Waals surface area contributed by atoms with Crippen LogP contribution in [0.15, 0.2) is 0 Å². The Labute approximate surface area is 44.1 Å². The second kappa shape index (κ2) is 2.94. The first kappa shape index (κ1) is 5.73. The van der Waals surface area contributed by atoms with Gasteiger partial charge in [-0.3, -0.25) is 0 Å². The summed E-state index contributed by atoms with van der Waals surface area (Å²) in [6.45, 7) is 0. The smallest absolute Gasteiger partial charge is 0.176 e. The number of hydrogen-bond acceptors (Lipinski definition) is 0. The van der Waals surface area contributed by atoms with Crippen LogP contribution in [0.5, 0.6) is 0 Å². The molecule has 0 aromatic carbocycles. The summed E-state index contributed by atoms with van der Waals surface area (Å²) >= 11 is 7.73. The topological polar surface area (TPSA) is 19.9 Å². The van der Waals surface area contributed by atoms with Gasteiger partial charge in [-0.05, 0) is 0 Å². The summed E-state index contributed by atoms with van der Waals surface area (Å²) in [7, 11) is 0. The van der Waals surface area contributed by atoms with Gasteiger partial charge in [-0.25, -0.2) is 5.11 Å². The normalized spacial score (nSPS) is 15.0. The maximum Gasteiger partial charge on any atom is 0.176 e. The number of halogens is 2. The molecule has 0 saturated carbocycles. The SMILES string of the molecule is [O]C(Cl)CBr. The van der Waals surface area contributed by atoms with Gasteiger partial charge in [0.15, 0.2) is 5.56 Å². The van der Waals surface area contributed by atoms with Gasteiger partial charge in [0.1, 0.15) is 0 Å². The number of hydrogen-bond donors (Lipinski definition) is 0. The molecule has 1 unspecified atom stereocenters. The molecule has 0 bridgehead atoms. The van der Waals surface area contributed by atoms with E-state index in [0.29, 0.717) is 5.33 Å². The quantitative estimate of drug-likeness (QED) is 0.514. The van der Waals surface area contributed by atoms with Gasteiger partial charge in [0.05, 0.1) is 0 Å². The molecule has 5 heavy (non-hydrogen) atoms. The summed E-state index contributed by atoms with van der Waals surface area (Å²) in [6.07, 6.45) is 0. The van der Waals surface area contributed by atoms with E-state index in [0.717, 1.165) is 0 Å². The van der Waals surface area contributed by atoms with Crippen LogP contribution in [-0.4, -0.2) is 10.9 Å². The molecule has 0 saturated heterocycles. The van der Waals surface area contributed by atoms with Crippen LogP contribution in [-0.2, 0) is 5.11 Å². The highest BCUT2D eigenvalue weighted by Gasteiger charge is 1.90. The third-order valence-electron chi connectivity index (χ3n) is 0.121. The van der Waals surface area contributed by atoms with Gasteiger partial charge in [0.25, 0.3) is 0 Å². The van der Waals surface area contributed by atoms with Crippen LogP contribution in [0.1, 0.15) is 0 Å². The van der Waals surface area contributed by atoms with Crippen molar-refractivity contribution in [3.05, 3.63) is 0 Å². The van der Waals surface area contributed by atoms with Crippen molar-refractivity contribution in [2.75, 3.05) is 5.33 Å². The van der Waals surface area contributed by atoms with E-state index in [1.165, 1.54) is 0 Å². The van der Waals surface area contributed by atoms with E-state index in [1.54, 1.807) is 0 Å². The molecule has 0 aliphatic heterocycles. The average molecular weight is 158 g/mol. The fourth-order valence-corrected chi connectivity index (χ4v) is 0. The lowest BCUT2D eigenvalue weighted by Gasteiger charge is -1.81. The lowest BCUT2D eigenvalue weighted by Crippen LogP contribution is -1.90. The zero-order valence-corrected chi connectivity index (χ0v) is 4.79. The van der Waals surface area contributed by atoms with Gasteiger partial charge in [0.2, 0.25) is 0 Å². The predicted octanol–water partition coefficient (Wildman–Crippen LogP) is 1.38. The summed E-state index contributed by atoms with van der Waals surface area (Å²) in [6, 6.07) is 0. The van der Waals surface area contributed by atoms with Crippen molar-refractivity contribution in [2.45, 2.75) is 5.56 Å². The van der Waals surface area contributed by atoms with Crippen LogP contribution in [0.25, 0.3) is 0 Å². The Morgan fingerprint density at radius 1 is 2.00 bits per heavy atom. The Balaban J connectivity index is 2.54. The van der Waals surface area contributed by atoms with Crippen LogP contribution >= 0.6 is 27.5 Å². The first-order valence-electron chi connectivity index (χ1n) is 1.13. The first-order valence-corrected chi connectivity index (χ1v) is 2.69.